The van der Waals surface area contributed by atoms with Gasteiger partial charge < -0.3 is 20.8 Å². The molecule has 0 aliphatic carbocycles. The summed E-state index contributed by atoms with van der Waals surface area (Å²) in [5.74, 6) is -0.460. The minimum atomic E-state index is -1.32. The lowest BCUT2D eigenvalue weighted by Crippen LogP contribution is -2.48. The van der Waals surface area contributed by atoms with Crippen molar-refractivity contribution in [1.29, 1.82) is 0 Å². The Morgan fingerprint density at radius 3 is 2.87 bits per heavy atom. The third-order valence-corrected chi connectivity index (χ3v) is 2.30. The molecule has 0 spiro atoms. The zero-order valence-corrected chi connectivity index (χ0v) is 8.62. The van der Waals surface area contributed by atoms with Crippen LogP contribution in [0, 0.1) is 0 Å². The van der Waals surface area contributed by atoms with E-state index >= 15 is 0 Å². The standard InChI is InChI=1S/C9H16N2O4/c1-9(15,5-12)4-10-8(14)6-2-3-7(13)11-6/h6,12,15H,2-5H2,1H3,(H,10,14)(H,11,13)/t6-,9?/m0/s1. The van der Waals surface area contributed by atoms with E-state index in [1.54, 1.807) is 0 Å². The van der Waals surface area contributed by atoms with E-state index in [0.717, 1.165) is 0 Å². The number of amides is 2. The highest BCUT2D eigenvalue weighted by atomic mass is 16.3. The fourth-order valence-corrected chi connectivity index (χ4v) is 1.27. The van der Waals surface area contributed by atoms with Gasteiger partial charge in [-0.1, -0.05) is 0 Å². The van der Waals surface area contributed by atoms with Gasteiger partial charge in [0.15, 0.2) is 0 Å². The third kappa shape index (κ3) is 3.49. The van der Waals surface area contributed by atoms with Gasteiger partial charge in [0.05, 0.1) is 6.61 Å². The van der Waals surface area contributed by atoms with Gasteiger partial charge in [-0.15, -0.1) is 0 Å². The molecular weight excluding hydrogens is 200 g/mol. The summed E-state index contributed by atoms with van der Waals surface area (Å²) in [5.41, 5.74) is -1.32. The van der Waals surface area contributed by atoms with Crippen LogP contribution in [0.1, 0.15) is 19.8 Å². The third-order valence-electron chi connectivity index (χ3n) is 2.30. The summed E-state index contributed by atoms with van der Waals surface area (Å²) < 4.78 is 0. The Bertz CT molecular complexity index is 265. The monoisotopic (exact) mass is 216 g/mol. The molecule has 1 aliphatic heterocycles. The molecule has 1 rings (SSSR count). The van der Waals surface area contributed by atoms with Crippen molar-refractivity contribution in [1.82, 2.24) is 10.6 Å². The fraction of sp³-hybridized carbons (Fsp3) is 0.778. The number of carbonyl (C=O) groups is 2. The van der Waals surface area contributed by atoms with Crippen molar-refractivity contribution in [3.63, 3.8) is 0 Å². The Labute approximate surface area is 87.7 Å². The van der Waals surface area contributed by atoms with E-state index in [-0.39, 0.29) is 18.4 Å². The summed E-state index contributed by atoms with van der Waals surface area (Å²) in [6.07, 6.45) is 0.834. The second-order valence-corrected chi connectivity index (χ2v) is 4.03. The van der Waals surface area contributed by atoms with Gasteiger partial charge in [0.25, 0.3) is 0 Å². The van der Waals surface area contributed by atoms with Crippen LogP contribution in [0.4, 0.5) is 0 Å². The quantitative estimate of drug-likeness (QED) is 0.442. The number of nitrogens with one attached hydrogen (secondary N) is 2. The molecule has 6 nitrogen and oxygen atoms in total. The molecule has 1 heterocycles. The van der Waals surface area contributed by atoms with Crippen molar-refractivity contribution in [3.8, 4) is 0 Å². The molecule has 0 saturated carbocycles. The van der Waals surface area contributed by atoms with Gasteiger partial charge in [-0.25, -0.2) is 0 Å². The number of rotatable bonds is 4. The van der Waals surface area contributed by atoms with Crippen LogP contribution in [0.5, 0.6) is 0 Å². The molecule has 0 radical (unpaired) electrons. The van der Waals surface area contributed by atoms with E-state index in [0.29, 0.717) is 12.8 Å². The Kier molecular flexibility index (Phi) is 3.65. The van der Waals surface area contributed by atoms with Crippen LogP contribution in [0.3, 0.4) is 0 Å². The molecule has 0 aromatic heterocycles. The molecule has 2 amide bonds. The van der Waals surface area contributed by atoms with Crippen molar-refractivity contribution in [2.75, 3.05) is 13.2 Å². The highest BCUT2D eigenvalue weighted by molar-refractivity contribution is 5.90. The minimum Gasteiger partial charge on any atom is -0.393 e. The molecule has 2 atom stereocenters. The molecule has 1 unspecified atom stereocenters. The Morgan fingerprint density at radius 1 is 1.73 bits per heavy atom. The molecule has 0 bridgehead atoms. The Morgan fingerprint density at radius 2 is 2.40 bits per heavy atom. The maximum atomic E-state index is 11.4. The molecule has 15 heavy (non-hydrogen) atoms. The highest BCUT2D eigenvalue weighted by Crippen LogP contribution is 2.07. The van der Waals surface area contributed by atoms with Gasteiger partial charge >= 0.3 is 0 Å². The highest BCUT2D eigenvalue weighted by Gasteiger charge is 2.28. The summed E-state index contributed by atoms with van der Waals surface area (Å²) in [6.45, 7) is 0.958. The van der Waals surface area contributed by atoms with Crippen LogP contribution in [-0.2, 0) is 9.59 Å². The normalized spacial score (nSPS) is 24.5. The Hall–Kier alpha value is -1.14. The molecule has 4 N–H and O–H groups in total. The molecule has 1 saturated heterocycles. The van der Waals surface area contributed by atoms with Crippen molar-refractivity contribution in [3.05, 3.63) is 0 Å². The zero-order valence-electron chi connectivity index (χ0n) is 8.62. The molecule has 1 aliphatic rings. The number of aliphatic hydroxyl groups excluding tert-OH is 1. The summed E-state index contributed by atoms with van der Waals surface area (Å²) in [6, 6.07) is -0.507. The van der Waals surface area contributed by atoms with E-state index in [1.165, 1.54) is 6.92 Å². The lowest BCUT2D eigenvalue weighted by atomic mass is 10.1. The molecule has 6 heteroatoms. The van der Waals surface area contributed by atoms with Crippen molar-refractivity contribution in [2.24, 2.45) is 0 Å². The van der Waals surface area contributed by atoms with E-state index in [4.69, 9.17) is 5.11 Å². The van der Waals surface area contributed by atoms with Crippen molar-refractivity contribution < 1.29 is 19.8 Å². The SMILES string of the molecule is CC(O)(CO)CNC(=O)[C@@H]1CCC(=O)N1. The predicted molar refractivity (Wildman–Crippen MR) is 51.9 cm³/mol. The first kappa shape index (κ1) is 11.9. The summed E-state index contributed by atoms with van der Waals surface area (Å²) in [4.78, 5) is 22.3. The average Bonchev–Trinajstić information content (AvgIpc) is 2.61. The van der Waals surface area contributed by atoms with Crippen LogP contribution in [0.15, 0.2) is 0 Å². The van der Waals surface area contributed by atoms with Crippen LogP contribution in [0.25, 0.3) is 0 Å². The van der Waals surface area contributed by atoms with Gasteiger partial charge in [0.2, 0.25) is 11.8 Å². The largest absolute Gasteiger partial charge is 0.393 e. The molecule has 0 aromatic rings. The second-order valence-electron chi connectivity index (χ2n) is 4.03. The van der Waals surface area contributed by atoms with E-state index in [2.05, 4.69) is 10.6 Å². The van der Waals surface area contributed by atoms with Crippen LogP contribution in [0.2, 0.25) is 0 Å². The van der Waals surface area contributed by atoms with E-state index in [1.807, 2.05) is 0 Å². The second kappa shape index (κ2) is 4.59. The maximum Gasteiger partial charge on any atom is 0.242 e. The molecule has 86 valence electrons. The average molecular weight is 216 g/mol. The number of hydrogen-bond acceptors (Lipinski definition) is 4. The maximum absolute atomic E-state index is 11.4. The molecular formula is C9H16N2O4. The van der Waals surface area contributed by atoms with Gasteiger partial charge in [-0.3, -0.25) is 9.59 Å². The first-order chi connectivity index (χ1) is 6.94. The van der Waals surface area contributed by atoms with Gasteiger partial charge in [0, 0.05) is 13.0 Å². The van der Waals surface area contributed by atoms with Crippen LogP contribution in [-0.4, -0.2) is 46.8 Å². The first-order valence-corrected chi connectivity index (χ1v) is 4.85. The number of hydrogen-bond donors (Lipinski definition) is 4. The summed E-state index contributed by atoms with van der Waals surface area (Å²) in [5, 5.41) is 23.1. The van der Waals surface area contributed by atoms with Gasteiger partial charge in [0.1, 0.15) is 11.6 Å². The van der Waals surface area contributed by atoms with Gasteiger partial charge in [-0.05, 0) is 13.3 Å². The van der Waals surface area contributed by atoms with Crippen LogP contribution < -0.4 is 10.6 Å². The summed E-state index contributed by atoms with van der Waals surface area (Å²) in [7, 11) is 0. The topological polar surface area (TPSA) is 98.7 Å². The summed E-state index contributed by atoms with van der Waals surface area (Å²) >= 11 is 0. The van der Waals surface area contributed by atoms with Crippen LogP contribution >= 0.6 is 0 Å². The number of carbonyl (C=O) groups excluding carboxylic acids is 2. The molecule has 1 fully saturated rings. The first-order valence-electron chi connectivity index (χ1n) is 4.85. The Balaban J connectivity index is 2.33. The lowest BCUT2D eigenvalue weighted by molar-refractivity contribution is -0.126. The predicted octanol–water partition coefficient (Wildman–Crippen LogP) is -1.88. The van der Waals surface area contributed by atoms with Gasteiger partial charge in [-0.2, -0.15) is 0 Å². The molecule has 0 aromatic carbocycles. The minimum absolute atomic E-state index is 0.0330. The fourth-order valence-electron chi connectivity index (χ4n) is 1.27. The van der Waals surface area contributed by atoms with Crippen molar-refractivity contribution >= 4 is 11.8 Å². The lowest BCUT2D eigenvalue weighted by Gasteiger charge is -2.21. The smallest absolute Gasteiger partial charge is 0.242 e. The van der Waals surface area contributed by atoms with Crippen molar-refractivity contribution in [2.45, 2.75) is 31.4 Å². The zero-order chi connectivity index (χ0) is 11.5. The van der Waals surface area contributed by atoms with E-state index in [9.17, 15) is 14.7 Å². The number of aliphatic hydroxyl groups is 2. The van der Waals surface area contributed by atoms with E-state index < -0.39 is 18.2 Å².